The third kappa shape index (κ3) is 4.63. The first-order valence-corrected chi connectivity index (χ1v) is 11.4. The summed E-state index contributed by atoms with van der Waals surface area (Å²) in [5, 5.41) is 10.9. The average Bonchev–Trinajstić information content (AvgIpc) is 3.31. The molecule has 0 aliphatic heterocycles. The van der Waals surface area contributed by atoms with Crippen LogP contribution in [0.15, 0.2) is 35.7 Å². The van der Waals surface area contributed by atoms with Gasteiger partial charge in [-0.15, -0.1) is 11.3 Å². The molecule has 158 valence electrons. The van der Waals surface area contributed by atoms with Crippen LogP contribution in [-0.4, -0.2) is 45.2 Å². The number of aromatic nitrogens is 3. The van der Waals surface area contributed by atoms with Crippen LogP contribution in [0.25, 0.3) is 0 Å². The van der Waals surface area contributed by atoms with Crippen molar-refractivity contribution in [2.24, 2.45) is 7.05 Å². The molecule has 2 aromatic heterocycles. The van der Waals surface area contributed by atoms with Gasteiger partial charge in [0.2, 0.25) is 0 Å². The third-order valence-corrected chi connectivity index (χ3v) is 6.71. The Kier molecular flexibility index (Phi) is 6.29. The van der Waals surface area contributed by atoms with Crippen molar-refractivity contribution in [2.45, 2.75) is 45.2 Å². The highest BCUT2D eigenvalue weighted by molar-refractivity contribution is 7.09. The summed E-state index contributed by atoms with van der Waals surface area (Å²) in [5.74, 6) is -0.0683. The summed E-state index contributed by atoms with van der Waals surface area (Å²) in [6.45, 7) is 3.49. The number of thiazole rings is 1. The lowest BCUT2D eigenvalue weighted by Crippen LogP contribution is -2.37. The van der Waals surface area contributed by atoms with E-state index < -0.39 is 0 Å². The van der Waals surface area contributed by atoms with Crippen LogP contribution >= 0.6 is 11.3 Å². The quantitative estimate of drug-likeness (QED) is 0.634. The van der Waals surface area contributed by atoms with E-state index in [4.69, 9.17) is 0 Å². The Morgan fingerprint density at radius 2 is 2.13 bits per heavy atom. The highest BCUT2D eigenvalue weighted by Gasteiger charge is 2.30. The number of carbonyl (C=O) groups is 1. The molecule has 0 fully saturated rings. The van der Waals surface area contributed by atoms with Gasteiger partial charge in [-0.2, -0.15) is 5.10 Å². The molecule has 4 rings (SSSR count). The molecule has 7 heteroatoms. The molecule has 0 radical (unpaired) electrons. The molecule has 1 aliphatic rings. The fraction of sp³-hybridized carbons (Fsp3) is 0.435. The second-order valence-electron chi connectivity index (χ2n) is 8.06. The Morgan fingerprint density at radius 1 is 1.33 bits per heavy atom. The van der Waals surface area contributed by atoms with Gasteiger partial charge in [0, 0.05) is 42.8 Å². The van der Waals surface area contributed by atoms with Crippen LogP contribution in [0.4, 0.5) is 0 Å². The predicted octanol–water partition coefficient (Wildman–Crippen LogP) is 3.15. The molecule has 1 aliphatic carbocycles. The maximum absolute atomic E-state index is 12.9. The first-order valence-electron chi connectivity index (χ1n) is 10.5. The summed E-state index contributed by atoms with van der Waals surface area (Å²) in [4.78, 5) is 19.8. The van der Waals surface area contributed by atoms with Crippen molar-refractivity contribution in [1.82, 2.24) is 25.0 Å². The molecule has 0 saturated carbocycles. The Labute approximate surface area is 181 Å². The molecule has 0 bridgehead atoms. The zero-order valence-electron chi connectivity index (χ0n) is 17.9. The van der Waals surface area contributed by atoms with Crippen molar-refractivity contribution in [2.75, 3.05) is 13.6 Å². The molecule has 0 saturated heterocycles. The minimum Gasteiger partial charge on any atom is -0.350 e. The third-order valence-electron chi connectivity index (χ3n) is 5.89. The van der Waals surface area contributed by atoms with E-state index in [0.717, 1.165) is 48.5 Å². The normalized spacial score (nSPS) is 15.9. The SMILES string of the molecule is Cc1nc(CN(C)C2CCc3c(c(C(=O)NCCc4ccccc4)nn3C)C2)cs1. The second-order valence-corrected chi connectivity index (χ2v) is 9.12. The van der Waals surface area contributed by atoms with Crippen LogP contribution in [0.5, 0.6) is 0 Å². The fourth-order valence-electron chi connectivity index (χ4n) is 4.24. The van der Waals surface area contributed by atoms with Crippen LogP contribution in [0.3, 0.4) is 0 Å². The van der Waals surface area contributed by atoms with E-state index >= 15 is 0 Å². The molecule has 2 heterocycles. The number of hydrogen-bond donors (Lipinski definition) is 1. The predicted molar refractivity (Wildman–Crippen MR) is 120 cm³/mol. The molecule has 1 atom stereocenters. The molecule has 1 unspecified atom stereocenters. The highest BCUT2D eigenvalue weighted by atomic mass is 32.1. The van der Waals surface area contributed by atoms with Crippen LogP contribution in [0.1, 0.15) is 44.4 Å². The zero-order chi connectivity index (χ0) is 21.1. The minimum absolute atomic E-state index is 0.0683. The van der Waals surface area contributed by atoms with Gasteiger partial charge in [0.1, 0.15) is 0 Å². The Balaban J connectivity index is 1.41. The number of nitrogens with zero attached hydrogens (tertiary/aromatic N) is 4. The molecule has 30 heavy (non-hydrogen) atoms. The van der Waals surface area contributed by atoms with Crippen molar-refractivity contribution in [3.05, 3.63) is 68.9 Å². The van der Waals surface area contributed by atoms with E-state index in [1.807, 2.05) is 36.9 Å². The zero-order valence-corrected chi connectivity index (χ0v) is 18.7. The van der Waals surface area contributed by atoms with Crippen molar-refractivity contribution >= 4 is 17.2 Å². The molecule has 1 N–H and O–H groups in total. The number of hydrogen-bond acceptors (Lipinski definition) is 5. The monoisotopic (exact) mass is 423 g/mol. The number of carbonyl (C=O) groups excluding carboxylic acids is 1. The summed E-state index contributed by atoms with van der Waals surface area (Å²) in [6, 6.07) is 10.6. The lowest BCUT2D eigenvalue weighted by atomic mass is 9.90. The van der Waals surface area contributed by atoms with Crippen molar-refractivity contribution in [3.8, 4) is 0 Å². The van der Waals surface area contributed by atoms with Crippen LogP contribution in [-0.2, 0) is 32.9 Å². The number of benzene rings is 1. The standard InChI is InChI=1S/C23H29N5OS/c1-16-25-18(15-30-16)14-27(2)19-9-10-21-20(13-19)22(26-28(21)3)23(29)24-12-11-17-7-5-4-6-8-17/h4-8,15,19H,9-14H2,1-3H3,(H,24,29). The van der Waals surface area contributed by atoms with Crippen LogP contribution in [0, 0.1) is 6.92 Å². The summed E-state index contributed by atoms with van der Waals surface area (Å²) < 4.78 is 1.89. The number of rotatable bonds is 7. The lowest BCUT2D eigenvalue weighted by molar-refractivity contribution is 0.0946. The molecule has 1 aromatic carbocycles. The van der Waals surface area contributed by atoms with Gasteiger partial charge in [-0.05, 0) is 45.2 Å². The maximum atomic E-state index is 12.9. The second kappa shape index (κ2) is 9.10. The van der Waals surface area contributed by atoms with Gasteiger partial charge in [-0.25, -0.2) is 4.98 Å². The maximum Gasteiger partial charge on any atom is 0.272 e. The van der Waals surface area contributed by atoms with Gasteiger partial charge in [-0.1, -0.05) is 30.3 Å². The molecule has 0 spiro atoms. The average molecular weight is 424 g/mol. The topological polar surface area (TPSA) is 63.1 Å². The van der Waals surface area contributed by atoms with Crippen molar-refractivity contribution < 1.29 is 4.79 Å². The minimum atomic E-state index is -0.0683. The Morgan fingerprint density at radius 3 is 2.87 bits per heavy atom. The fourth-order valence-corrected chi connectivity index (χ4v) is 4.85. The van der Waals surface area contributed by atoms with Crippen molar-refractivity contribution in [3.63, 3.8) is 0 Å². The molecular weight excluding hydrogens is 394 g/mol. The molecule has 6 nitrogen and oxygen atoms in total. The molecule has 3 aromatic rings. The van der Waals surface area contributed by atoms with Gasteiger partial charge >= 0.3 is 0 Å². The number of amides is 1. The summed E-state index contributed by atoms with van der Waals surface area (Å²) in [6.07, 6.45) is 3.69. The summed E-state index contributed by atoms with van der Waals surface area (Å²) in [7, 11) is 4.10. The van der Waals surface area contributed by atoms with E-state index in [1.165, 1.54) is 11.3 Å². The van der Waals surface area contributed by atoms with Gasteiger partial charge in [0.15, 0.2) is 5.69 Å². The van der Waals surface area contributed by atoms with Gasteiger partial charge in [0.25, 0.3) is 5.91 Å². The van der Waals surface area contributed by atoms with Crippen molar-refractivity contribution in [1.29, 1.82) is 0 Å². The van der Waals surface area contributed by atoms with Crippen LogP contribution < -0.4 is 5.32 Å². The molecule has 1 amide bonds. The van der Waals surface area contributed by atoms with E-state index in [0.29, 0.717) is 18.3 Å². The summed E-state index contributed by atoms with van der Waals surface area (Å²) >= 11 is 1.69. The van der Waals surface area contributed by atoms with E-state index in [1.54, 1.807) is 11.3 Å². The van der Waals surface area contributed by atoms with Gasteiger partial charge in [0.05, 0.1) is 10.7 Å². The smallest absolute Gasteiger partial charge is 0.272 e. The lowest BCUT2D eigenvalue weighted by Gasteiger charge is -2.31. The number of fused-ring (bicyclic) bond motifs is 1. The first-order chi connectivity index (χ1) is 14.5. The Hall–Kier alpha value is -2.51. The summed E-state index contributed by atoms with van der Waals surface area (Å²) in [5.41, 5.74) is 5.23. The Bertz CT molecular complexity index is 1010. The van der Waals surface area contributed by atoms with E-state index in [-0.39, 0.29) is 5.91 Å². The largest absolute Gasteiger partial charge is 0.350 e. The van der Waals surface area contributed by atoms with Crippen LogP contribution in [0.2, 0.25) is 0 Å². The molecular formula is C23H29N5OS. The first kappa shape index (κ1) is 20.8. The highest BCUT2D eigenvalue weighted by Crippen LogP contribution is 2.27. The van der Waals surface area contributed by atoms with E-state index in [2.05, 4.69) is 44.9 Å². The van der Waals surface area contributed by atoms with Gasteiger partial charge in [-0.3, -0.25) is 14.4 Å². The number of likely N-dealkylation sites (N-methyl/N-ethyl adjacent to an activating group) is 1. The number of nitrogens with one attached hydrogen (secondary N) is 1. The number of aryl methyl sites for hydroxylation is 2. The van der Waals surface area contributed by atoms with Gasteiger partial charge < -0.3 is 5.32 Å². The van der Waals surface area contributed by atoms with E-state index in [9.17, 15) is 4.79 Å².